The van der Waals surface area contributed by atoms with Crippen molar-refractivity contribution in [3.63, 3.8) is 0 Å². The summed E-state index contributed by atoms with van der Waals surface area (Å²) in [7, 11) is 0. The van der Waals surface area contributed by atoms with Crippen LogP contribution in [0.4, 0.5) is 4.39 Å². The Bertz CT molecular complexity index is 380. The van der Waals surface area contributed by atoms with Crippen LogP contribution in [0.1, 0.15) is 5.56 Å². The normalized spacial score (nSPS) is 19.6. The first-order valence-corrected chi connectivity index (χ1v) is 4.21. The first kappa shape index (κ1) is 8.93. The number of hydrogen-bond acceptors (Lipinski definition) is 3. The number of benzene rings is 1. The lowest BCUT2D eigenvalue weighted by Gasteiger charge is -2.19. The van der Waals surface area contributed by atoms with Gasteiger partial charge in [0.2, 0.25) is 0 Å². The first-order valence-electron chi connectivity index (χ1n) is 4.21. The standard InChI is InChI=1S/C9H8FNO3/c10-7-1-2-9-6(3-7)4-8(5-14-9)11(12)13/h1-3,8H,4-5H2. The highest BCUT2D eigenvalue weighted by atomic mass is 19.1. The number of halogens is 1. The number of nitrogens with zero attached hydrogens (tertiary/aromatic N) is 1. The van der Waals surface area contributed by atoms with Crippen LogP contribution < -0.4 is 4.74 Å². The molecule has 14 heavy (non-hydrogen) atoms. The van der Waals surface area contributed by atoms with Gasteiger partial charge >= 0.3 is 0 Å². The second kappa shape index (κ2) is 3.25. The van der Waals surface area contributed by atoms with Crippen molar-refractivity contribution < 1.29 is 14.1 Å². The molecule has 0 saturated carbocycles. The zero-order valence-electron chi connectivity index (χ0n) is 7.27. The van der Waals surface area contributed by atoms with Gasteiger partial charge < -0.3 is 4.74 Å². The highest BCUT2D eigenvalue weighted by Crippen LogP contribution is 2.25. The summed E-state index contributed by atoms with van der Waals surface area (Å²) in [6.45, 7) is 0.0611. The lowest BCUT2D eigenvalue weighted by Crippen LogP contribution is -2.33. The molecule has 0 aromatic heterocycles. The van der Waals surface area contributed by atoms with E-state index < -0.39 is 16.8 Å². The first-order chi connectivity index (χ1) is 6.66. The molecular weight excluding hydrogens is 189 g/mol. The third-order valence-corrected chi connectivity index (χ3v) is 2.21. The van der Waals surface area contributed by atoms with E-state index in [9.17, 15) is 14.5 Å². The molecule has 0 bridgehead atoms. The van der Waals surface area contributed by atoms with Gasteiger partial charge in [-0.2, -0.15) is 0 Å². The van der Waals surface area contributed by atoms with E-state index in [4.69, 9.17) is 4.74 Å². The van der Waals surface area contributed by atoms with Crippen molar-refractivity contribution in [2.45, 2.75) is 12.5 Å². The minimum absolute atomic E-state index is 0.0611. The van der Waals surface area contributed by atoms with Gasteiger partial charge in [0.05, 0.1) is 0 Å². The Kier molecular flexibility index (Phi) is 2.07. The molecule has 0 saturated heterocycles. The Morgan fingerprint density at radius 1 is 1.57 bits per heavy atom. The van der Waals surface area contributed by atoms with Crippen LogP contribution in [0.2, 0.25) is 0 Å². The summed E-state index contributed by atoms with van der Waals surface area (Å²) in [5.74, 6) is 0.154. The molecule has 74 valence electrons. The third-order valence-electron chi connectivity index (χ3n) is 2.21. The van der Waals surface area contributed by atoms with E-state index in [0.29, 0.717) is 11.3 Å². The summed E-state index contributed by atoms with van der Waals surface area (Å²) >= 11 is 0. The smallest absolute Gasteiger partial charge is 0.250 e. The number of rotatable bonds is 1. The minimum atomic E-state index is -0.760. The molecule has 2 rings (SSSR count). The van der Waals surface area contributed by atoms with Gasteiger partial charge in [0, 0.05) is 16.9 Å². The van der Waals surface area contributed by atoms with Crippen molar-refractivity contribution in [1.82, 2.24) is 0 Å². The summed E-state index contributed by atoms with van der Waals surface area (Å²) in [6.07, 6.45) is 0.236. The average molecular weight is 197 g/mol. The van der Waals surface area contributed by atoms with Crippen molar-refractivity contribution in [2.75, 3.05) is 6.61 Å². The fraction of sp³-hybridized carbons (Fsp3) is 0.333. The van der Waals surface area contributed by atoms with E-state index >= 15 is 0 Å². The number of hydrogen-bond donors (Lipinski definition) is 0. The molecule has 0 fully saturated rings. The van der Waals surface area contributed by atoms with E-state index in [1.54, 1.807) is 0 Å². The second-order valence-electron chi connectivity index (χ2n) is 3.21. The SMILES string of the molecule is O=[N+]([O-])C1COc2ccc(F)cc2C1. The molecule has 1 aliphatic heterocycles. The third kappa shape index (κ3) is 1.53. The van der Waals surface area contributed by atoms with Crippen molar-refractivity contribution in [3.05, 3.63) is 39.7 Å². The highest BCUT2D eigenvalue weighted by molar-refractivity contribution is 5.35. The zero-order chi connectivity index (χ0) is 10.1. The molecule has 1 aliphatic rings. The molecule has 1 heterocycles. The maximum atomic E-state index is 12.8. The lowest BCUT2D eigenvalue weighted by atomic mass is 10.0. The number of fused-ring (bicyclic) bond motifs is 1. The van der Waals surface area contributed by atoms with Crippen LogP contribution in [0, 0.1) is 15.9 Å². The Labute approximate surface area is 79.5 Å². The molecular formula is C9H8FNO3. The summed E-state index contributed by atoms with van der Waals surface area (Å²) in [5, 5.41) is 10.5. The predicted molar refractivity (Wildman–Crippen MR) is 46.4 cm³/mol. The van der Waals surface area contributed by atoms with Crippen LogP contribution in [0.15, 0.2) is 18.2 Å². The fourth-order valence-corrected chi connectivity index (χ4v) is 1.48. The van der Waals surface area contributed by atoms with E-state index in [0.717, 1.165) is 0 Å². The molecule has 0 spiro atoms. The summed E-state index contributed by atoms with van der Waals surface area (Å²) < 4.78 is 17.9. The Balaban J connectivity index is 2.29. The van der Waals surface area contributed by atoms with Gasteiger partial charge in [-0.25, -0.2) is 4.39 Å². The molecule has 1 aromatic carbocycles. The van der Waals surface area contributed by atoms with Crippen LogP contribution in [-0.4, -0.2) is 17.6 Å². The van der Waals surface area contributed by atoms with Crippen molar-refractivity contribution >= 4 is 0 Å². The van der Waals surface area contributed by atoms with Crippen molar-refractivity contribution in [1.29, 1.82) is 0 Å². The summed E-state index contributed by atoms with van der Waals surface area (Å²) in [5.41, 5.74) is 0.568. The summed E-state index contributed by atoms with van der Waals surface area (Å²) in [4.78, 5) is 10.1. The van der Waals surface area contributed by atoms with E-state index in [2.05, 4.69) is 0 Å². The van der Waals surface area contributed by atoms with E-state index in [1.165, 1.54) is 18.2 Å². The topological polar surface area (TPSA) is 52.4 Å². The van der Waals surface area contributed by atoms with Crippen molar-refractivity contribution in [2.24, 2.45) is 0 Å². The molecule has 5 heteroatoms. The highest BCUT2D eigenvalue weighted by Gasteiger charge is 2.28. The zero-order valence-corrected chi connectivity index (χ0v) is 7.27. The Morgan fingerprint density at radius 3 is 3.07 bits per heavy atom. The Hall–Kier alpha value is -1.65. The van der Waals surface area contributed by atoms with Gasteiger partial charge in [0.1, 0.15) is 11.6 Å². The molecule has 0 aliphatic carbocycles. The summed E-state index contributed by atoms with van der Waals surface area (Å²) in [6, 6.07) is 3.31. The van der Waals surface area contributed by atoms with Crippen LogP contribution >= 0.6 is 0 Å². The molecule has 0 amide bonds. The van der Waals surface area contributed by atoms with Crippen LogP contribution in [0.3, 0.4) is 0 Å². The Morgan fingerprint density at radius 2 is 2.36 bits per heavy atom. The predicted octanol–water partition coefficient (Wildman–Crippen LogP) is 1.41. The van der Waals surface area contributed by atoms with Crippen LogP contribution in [0.25, 0.3) is 0 Å². The van der Waals surface area contributed by atoms with Crippen molar-refractivity contribution in [3.8, 4) is 5.75 Å². The maximum absolute atomic E-state index is 12.8. The minimum Gasteiger partial charge on any atom is -0.486 e. The maximum Gasteiger partial charge on any atom is 0.250 e. The van der Waals surface area contributed by atoms with Gasteiger partial charge in [-0.3, -0.25) is 10.1 Å². The molecule has 0 N–H and O–H groups in total. The van der Waals surface area contributed by atoms with E-state index in [1.807, 2.05) is 0 Å². The van der Waals surface area contributed by atoms with Gasteiger partial charge in [-0.05, 0) is 18.2 Å². The molecule has 1 atom stereocenters. The fourth-order valence-electron chi connectivity index (χ4n) is 1.48. The van der Waals surface area contributed by atoms with Crippen LogP contribution in [-0.2, 0) is 6.42 Å². The largest absolute Gasteiger partial charge is 0.486 e. The van der Waals surface area contributed by atoms with Crippen LogP contribution in [0.5, 0.6) is 5.75 Å². The number of nitro groups is 1. The number of ether oxygens (including phenoxy) is 1. The van der Waals surface area contributed by atoms with Gasteiger partial charge in [0.25, 0.3) is 6.04 Å². The van der Waals surface area contributed by atoms with Gasteiger partial charge in [0.15, 0.2) is 6.61 Å². The lowest BCUT2D eigenvalue weighted by molar-refractivity contribution is -0.525. The molecule has 4 nitrogen and oxygen atoms in total. The molecule has 0 radical (unpaired) electrons. The van der Waals surface area contributed by atoms with Gasteiger partial charge in [-0.15, -0.1) is 0 Å². The average Bonchev–Trinajstić information content (AvgIpc) is 2.16. The quantitative estimate of drug-likeness (QED) is 0.505. The van der Waals surface area contributed by atoms with Gasteiger partial charge in [-0.1, -0.05) is 0 Å². The monoisotopic (exact) mass is 197 g/mol. The molecule has 1 aromatic rings. The second-order valence-corrected chi connectivity index (χ2v) is 3.21. The van der Waals surface area contributed by atoms with E-state index in [-0.39, 0.29) is 13.0 Å². The molecule has 1 unspecified atom stereocenters.